The number of carbonyl (C=O) groups excluding carboxylic acids is 1. The minimum Gasteiger partial charge on any atom is -0.495 e. The molecule has 0 atom stereocenters. The summed E-state index contributed by atoms with van der Waals surface area (Å²) in [6, 6.07) is 17.6. The number of methoxy groups -OCH3 is 1. The maximum atomic E-state index is 13.6. The van der Waals surface area contributed by atoms with Gasteiger partial charge in [-0.05, 0) is 42.0 Å². The van der Waals surface area contributed by atoms with Gasteiger partial charge in [-0.2, -0.15) is 4.31 Å². The zero-order valence-electron chi connectivity index (χ0n) is 16.5. The van der Waals surface area contributed by atoms with E-state index in [0.29, 0.717) is 17.2 Å². The van der Waals surface area contributed by atoms with E-state index in [4.69, 9.17) is 14.2 Å². The van der Waals surface area contributed by atoms with E-state index in [2.05, 4.69) is 0 Å². The van der Waals surface area contributed by atoms with E-state index in [1.165, 1.54) is 18.1 Å². The number of nitrogens with zero attached hydrogens (tertiary/aromatic N) is 2. The Bertz CT molecular complexity index is 1290. The van der Waals surface area contributed by atoms with Crippen LogP contribution in [0.1, 0.15) is 5.56 Å². The van der Waals surface area contributed by atoms with Crippen molar-refractivity contribution in [3.8, 4) is 17.2 Å². The summed E-state index contributed by atoms with van der Waals surface area (Å²) in [5, 5.41) is 0. The van der Waals surface area contributed by atoms with Crippen LogP contribution in [0.5, 0.6) is 17.2 Å². The standard InChI is InChI=1S/C22H18N2O6S/c1-28-18-8-4-2-6-16(18)24-22(25)23(17-7-3-5-9-21(17)31(24,26)27)13-15-10-11-19-20(12-15)30-14-29-19/h2-12H,13-14H2,1H3. The third-order valence-corrected chi connectivity index (χ3v) is 6.90. The van der Waals surface area contributed by atoms with E-state index in [-0.39, 0.29) is 29.7 Å². The summed E-state index contributed by atoms with van der Waals surface area (Å²) in [4.78, 5) is 15.0. The fraction of sp³-hybridized carbons (Fsp3) is 0.136. The van der Waals surface area contributed by atoms with Crippen molar-refractivity contribution in [1.82, 2.24) is 0 Å². The van der Waals surface area contributed by atoms with Crippen molar-refractivity contribution in [3.05, 3.63) is 72.3 Å². The molecule has 0 saturated carbocycles. The zero-order chi connectivity index (χ0) is 21.6. The molecule has 3 aromatic carbocycles. The van der Waals surface area contributed by atoms with E-state index in [0.717, 1.165) is 9.87 Å². The van der Waals surface area contributed by atoms with Crippen LogP contribution >= 0.6 is 0 Å². The molecule has 0 aliphatic carbocycles. The van der Waals surface area contributed by atoms with Gasteiger partial charge in [0.2, 0.25) is 6.79 Å². The van der Waals surface area contributed by atoms with Gasteiger partial charge < -0.3 is 14.2 Å². The van der Waals surface area contributed by atoms with Crippen LogP contribution in [0.3, 0.4) is 0 Å². The molecule has 9 heteroatoms. The molecule has 5 rings (SSSR count). The monoisotopic (exact) mass is 438 g/mol. The number of hydrogen-bond donors (Lipinski definition) is 0. The number of rotatable bonds is 4. The maximum Gasteiger partial charge on any atom is 0.343 e. The number of para-hydroxylation sites is 3. The third kappa shape index (κ3) is 3.05. The van der Waals surface area contributed by atoms with Crippen molar-refractivity contribution < 1.29 is 27.4 Å². The molecule has 0 radical (unpaired) electrons. The van der Waals surface area contributed by atoms with Crippen molar-refractivity contribution in [2.75, 3.05) is 23.1 Å². The Kier molecular flexibility index (Phi) is 4.48. The average Bonchev–Trinajstić information content (AvgIpc) is 3.25. The minimum atomic E-state index is -4.13. The first-order chi connectivity index (χ1) is 15.0. The number of anilines is 2. The second-order valence-corrected chi connectivity index (χ2v) is 8.72. The first kappa shape index (κ1) is 19.3. The molecular formula is C22H18N2O6S. The Morgan fingerprint density at radius 2 is 1.65 bits per heavy atom. The molecule has 0 unspecified atom stereocenters. The van der Waals surface area contributed by atoms with E-state index in [1.807, 2.05) is 6.07 Å². The van der Waals surface area contributed by atoms with E-state index in [1.54, 1.807) is 54.6 Å². The van der Waals surface area contributed by atoms with Gasteiger partial charge in [-0.1, -0.05) is 30.3 Å². The van der Waals surface area contributed by atoms with Gasteiger partial charge in [0.15, 0.2) is 11.5 Å². The summed E-state index contributed by atoms with van der Waals surface area (Å²) in [6.07, 6.45) is 0. The predicted octanol–water partition coefficient (Wildman–Crippen LogP) is 3.76. The molecule has 3 aromatic rings. The Balaban J connectivity index is 1.64. The highest BCUT2D eigenvalue weighted by atomic mass is 32.2. The van der Waals surface area contributed by atoms with Crippen LogP contribution in [0.2, 0.25) is 0 Å². The predicted molar refractivity (Wildman–Crippen MR) is 113 cm³/mol. The summed E-state index contributed by atoms with van der Waals surface area (Å²) in [7, 11) is -2.71. The van der Waals surface area contributed by atoms with E-state index >= 15 is 0 Å². The summed E-state index contributed by atoms with van der Waals surface area (Å²) in [5.41, 5.74) is 1.24. The highest BCUT2D eigenvalue weighted by Crippen LogP contribution is 2.41. The molecule has 158 valence electrons. The van der Waals surface area contributed by atoms with Gasteiger partial charge >= 0.3 is 6.03 Å². The SMILES string of the molecule is COc1ccccc1N1C(=O)N(Cc2ccc3c(c2)OCO3)c2ccccc2S1(=O)=O. The van der Waals surface area contributed by atoms with Gasteiger partial charge in [-0.25, -0.2) is 13.2 Å². The molecule has 8 nitrogen and oxygen atoms in total. The molecule has 0 fully saturated rings. The smallest absolute Gasteiger partial charge is 0.343 e. The molecule has 2 heterocycles. The highest BCUT2D eigenvalue weighted by Gasteiger charge is 2.43. The topological polar surface area (TPSA) is 85.4 Å². The van der Waals surface area contributed by atoms with Crippen molar-refractivity contribution in [2.45, 2.75) is 11.4 Å². The second kappa shape index (κ2) is 7.21. The molecule has 2 aliphatic heterocycles. The van der Waals surface area contributed by atoms with E-state index in [9.17, 15) is 13.2 Å². The fourth-order valence-electron chi connectivity index (χ4n) is 3.72. The van der Waals surface area contributed by atoms with E-state index < -0.39 is 16.1 Å². The number of amides is 2. The Morgan fingerprint density at radius 1 is 0.935 bits per heavy atom. The van der Waals surface area contributed by atoms with Crippen molar-refractivity contribution >= 4 is 27.4 Å². The minimum absolute atomic E-state index is 0.0428. The Hall–Kier alpha value is -3.72. The number of urea groups is 1. The van der Waals surface area contributed by atoms with Gasteiger partial charge in [0, 0.05) is 0 Å². The molecule has 0 bridgehead atoms. The lowest BCUT2D eigenvalue weighted by atomic mass is 10.1. The lowest BCUT2D eigenvalue weighted by Crippen LogP contribution is -2.50. The molecule has 2 amide bonds. The largest absolute Gasteiger partial charge is 0.495 e. The first-order valence-corrected chi connectivity index (χ1v) is 10.9. The van der Waals surface area contributed by atoms with Crippen LogP contribution < -0.4 is 23.4 Å². The fourth-order valence-corrected chi connectivity index (χ4v) is 5.32. The van der Waals surface area contributed by atoms with Crippen molar-refractivity contribution in [1.29, 1.82) is 0 Å². The first-order valence-electron chi connectivity index (χ1n) is 9.48. The van der Waals surface area contributed by atoms with Crippen LogP contribution in [0.4, 0.5) is 16.2 Å². The van der Waals surface area contributed by atoms with Crippen LogP contribution in [0.25, 0.3) is 0 Å². The number of benzene rings is 3. The normalized spacial score (nSPS) is 16.2. The second-order valence-electron chi connectivity index (χ2n) is 6.97. The number of fused-ring (bicyclic) bond motifs is 2. The van der Waals surface area contributed by atoms with Crippen LogP contribution in [-0.2, 0) is 16.6 Å². The number of sulfonamides is 1. The lowest BCUT2D eigenvalue weighted by Gasteiger charge is -2.36. The molecule has 2 aliphatic rings. The summed E-state index contributed by atoms with van der Waals surface area (Å²) >= 11 is 0. The van der Waals surface area contributed by atoms with Gasteiger partial charge in [-0.15, -0.1) is 0 Å². The number of hydrogen-bond acceptors (Lipinski definition) is 6. The average molecular weight is 438 g/mol. The maximum absolute atomic E-state index is 13.6. The van der Waals surface area contributed by atoms with Gasteiger partial charge in [0.1, 0.15) is 16.3 Å². The molecule has 0 saturated heterocycles. The Morgan fingerprint density at radius 3 is 2.45 bits per heavy atom. The molecular weight excluding hydrogens is 420 g/mol. The molecule has 0 N–H and O–H groups in total. The summed E-state index contributed by atoms with van der Waals surface area (Å²) in [6.45, 7) is 0.289. The third-order valence-electron chi connectivity index (χ3n) is 5.16. The van der Waals surface area contributed by atoms with Gasteiger partial charge in [0.05, 0.1) is 19.3 Å². The molecule has 31 heavy (non-hydrogen) atoms. The van der Waals surface area contributed by atoms with Crippen LogP contribution in [0, 0.1) is 0 Å². The lowest BCUT2D eigenvalue weighted by molar-refractivity contribution is 0.174. The van der Waals surface area contributed by atoms with Crippen LogP contribution in [-0.4, -0.2) is 28.4 Å². The van der Waals surface area contributed by atoms with Crippen molar-refractivity contribution in [3.63, 3.8) is 0 Å². The highest BCUT2D eigenvalue weighted by molar-refractivity contribution is 7.94. The summed E-state index contributed by atoms with van der Waals surface area (Å²) in [5.74, 6) is 1.50. The summed E-state index contributed by atoms with van der Waals surface area (Å²) < 4.78 is 43.7. The number of carbonyl (C=O) groups is 1. The zero-order valence-corrected chi connectivity index (χ0v) is 17.3. The molecule has 0 spiro atoms. The molecule has 0 aromatic heterocycles. The Labute approximate surface area is 179 Å². The number of ether oxygens (including phenoxy) is 3. The van der Waals surface area contributed by atoms with Gasteiger partial charge in [-0.3, -0.25) is 4.90 Å². The quantitative estimate of drug-likeness (QED) is 0.617. The van der Waals surface area contributed by atoms with Gasteiger partial charge in [0.25, 0.3) is 10.0 Å². The van der Waals surface area contributed by atoms with Crippen LogP contribution in [0.15, 0.2) is 71.6 Å². The van der Waals surface area contributed by atoms with Crippen molar-refractivity contribution in [2.24, 2.45) is 0 Å².